The van der Waals surface area contributed by atoms with E-state index in [1.54, 1.807) is 12.1 Å². The second-order valence-corrected chi connectivity index (χ2v) is 28.2. The van der Waals surface area contributed by atoms with Gasteiger partial charge in [0.05, 0.1) is 16.7 Å². The van der Waals surface area contributed by atoms with Gasteiger partial charge in [-0.1, -0.05) is 158 Å². The zero-order chi connectivity index (χ0) is 72.4. The van der Waals surface area contributed by atoms with E-state index < -0.39 is 5.63 Å². The zero-order valence-electron chi connectivity index (χ0n) is 60.7. The third-order valence-corrected chi connectivity index (χ3v) is 20.5. The Labute approximate surface area is 614 Å². The molecule has 3 aromatic heterocycles. The molecule has 3 aliphatic rings. The van der Waals surface area contributed by atoms with E-state index in [2.05, 4.69) is 63.2 Å². The van der Waals surface area contributed by atoms with Crippen LogP contribution in [0, 0.1) is 20.8 Å². The quantitative estimate of drug-likeness (QED) is 0.0615. The first kappa shape index (κ1) is 72.8. The molecule has 9 aromatic carbocycles. The maximum absolute atomic E-state index is 13.1. The Morgan fingerprint density at radius 2 is 0.667 bits per heavy atom. The van der Waals surface area contributed by atoms with Crippen molar-refractivity contribution < 1.29 is 37.7 Å². The molecule has 14 nitrogen and oxygen atoms in total. The van der Waals surface area contributed by atoms with Gasteiger partial charge in [-0.2, -0.15) is 0 Å². The number of aromatic hydroxyl groups is 2. The average molecular weight is 1410 g/mol. The number of fused-ring (bicyclic) bond motifs is 3. The van der Waals surface area contributed by atoms with Crippen molar-refractivity contribution in [3.05, 3.63) is 288 Å². The molecular weight excluding hydrogens is 1310 g/mol. The Hall–Kier alpha value is -10.5. The standard InChI is InChI=1S/C31H33NO4.C30H31NO4.C30H31NO3/c1-22-5-10-24(11-6-22)30-28(27-16-12-25(33)21-29(27)36-31(30)34)15-9-23-7-13-26(14-8-23)35-20-19-32-17-3-2-4-18-32;1-21-5-9-23(10-6-21)29-27(26-14-11-24(32)20-28(26)35-30(29)33)19-22-7-12-25(13-8-22)34-18-17-31-15-3-2-4-16-31;1-22-10-15-26-27(29(24-8-4-2-5-9-24)30(32)34-28(26)20-22)21-23-11-13-25(14-12-23)33-19-18-31-16-6-3-7-17-31/h5-8,10-14,16,21,33H,2-4,9,15,17-20H2,1H3;5-14,20,32H,2-4,15-19H2,1H3;2,4-5,8-15,20H,3,6-7,16-19,21H2,1H3. The number of hydrogen-bond acceptors (Lipinski definition) is 14. The highest BCUT2D eigenvalue weighted by Crippen LogP contribution is 2.35. The number of rotatable bonds is 22. The molecule has 0 atom stereocenters. The van der Waals surface area contributed by atoms with E-state index >= 15 is 0 Å². The summed E-state index contributed by atoms with van der Waals surface area (Å²) in [4.78, 5) is 46.6. The first-order valence-electron chi connectivity index (χ1n) is 37.5. The lowest BCUT2D eigenvalue weighted by atomic mass is 9.93. The number of aryl methyl sites for hydroxylation is 5. The fraction of sp³-hybridized carbons (Fsp3) is 0.308. The number of nitrogens with zero attached hydrogens (tertiary/aromatic N) is 3. The van der Waals surface area contributed by atoms with Crippen molar-refractivity contribution >= 4 is 32.9 Å². The number of ether oxygens (including phenoxy) is 3. The molecule has 3 aliphatic heterocycles. The SMILES string of the molecule is Cc1ccc(-c2c(CCc3ccc(OCCN4CCCCC4)cc3)c3ccc(O)cc3oc2=O)cc1.Cc1ccc(-c2c(Cc3ccc(OCCN4CCCCC4)cc3)c3ccc(O)cc3oc2=O)cc1.Cc1ccc2c(Cc3ccc(OCCN4CCCCC4)cc3)c(-c3ccccc3)c(=O)oc2c1. The second kappa shape index (κ2) is 35.3. The van der Waals surface area contributed by atoms with Gasteiger partial charge in [0.15, 0.2) is 0 Å². The summed E-state index contributed by atoms with van der Waals surface area (Å²) in [6.07, 6.45) is 14.4. The fourth-order valence-corrected chi connectivity index (χ4v) is 14.7. The van der Waals surface area contributed by atoms with Crippen LogP contribution < -0.4 is 31.1 Å². The highest BCUT2D eigenvalue weighted by molar-refractivity contribution is 5.90. The average Bonchev–Trinajstić information content (AvgIpc) is 0.780. The minimum Gasteiger partial charge on any atom is -0.508 e. The molecule has 15 rings (SSSR count). The van der Waals surface area contributed by atoms with E-state index in [1.807, 2.05) is 154 Å². The van der Waals surface area contributed by atoms with Gasteiger partial charge in [-0.25, -0.2) is 14.4 Å². The smallest absolute Gasteiger partial charge is 0.344 e. The minimum absolute atomic E-state index is 0.0701. The molecule has 14 heteroatoms. The first-order valence-corrected chi connectivity index (χ1v) is 37.5. The van der Waals surface area contributed by atoms with Gasteiger partial charge in [0.1, 0.15) is 65.3 Å². The summed E-state index contributed by atoms with van der Waals surface area (Å²) in [5, 5.41) is 22.5. The molecule has 0 saturated carbocycles. The third kappa shape index (κ3) is 19.3. The van der Waals surface area contributed by atoms with Gasteiger partial charge in [0.25, 0.3) is 0 Å². The van der Waals surface area contributed by atoms with E-state index in [9.17, 15) is 24.6 Å². The van der Waals surface area contributed by atoms with Gasteiger partial charge in [-0.05, 0) is 247 Å². The van der Waals surface area contributed by atoms with Crippen LogP contribution in [0.2, 0.25) is 0 Å². The summed E-state index contributed by atoms with van der Waals surface area (Å²) < 4.78 is 34.9. The summed E-state index contributed by atoms with van der Waals surface area (Å²) >= 11 is 0. The van der Waals surface area contributed by atoms with Crippen LogP contribution in [0.4, 0.5) is 0 Å². The summed E-state index contributed by atoms with van der Waals surface area (Å²) in [5.74, 6) is 2.78. The summed E-state index contributed by atoms with van der Waals surface area (Å²) in [6.45, 7) is 18.1. The molecule has 0 unspecified atom stereocenters. The van der Waals surface area contributed by atoms with E-state index in [4.69, 9.17) is 27.5 Å². The number of piperidine rings is 3. The molecular formula is C91H95N3O11. The summed E-state index contributed by atoms with van der Waals surface area (Å²) in [5.41, 5.74) is 14.2. The van der Waals surface area contributed by atoms with E-state index in [0.717, 1.165) is 121 Å². The topological polar surface area (TPSA) is 168 Å². The van der Waals surface area contributed by atoms with Crippen LogP contribution in [-0.4, -0.2) is 104 Å². The summed E-state index contributed by atoms with van der Waals surface area (Å²) in [7, 11) is 0. The van der Waals surface area contributed by atoms with E-state index in [1.165, 1.54) is 115 Å². The number of hydrogen-bond donors (Lipinski definition) is 2. The number of likely N-dealkylation sites (tertiary alicyclic amines) is 3. The molecule has 540 valence electrons. The van der Waals surface area contributed by atoms with Gasteiger partial charge >= 0.3 is 16.9 Å². The van der Waals surface area contributed by atoms with Crippen LogP contribution in [0.15, 0.2) is 234 Å². The fourth-order valence-electron chi connectivity index (χ4n) is 14.7. The highest BCUT2D eigenvalue weighted by atomic mass is 16.5. The molecule has 0 radical (unpaired) electrons. The number of benzene rings is 9. The lowest BCUT2D eigenvalue weighted by molar-refractivity contribution is 0.183. The lowest BCUT2D eigenvalue weighted by Crippen LogP contribution is -2.33. The Morgan fingerprint density at radius 1 is 0.333 bits per heavy atom. The predicted octanol–water partition coefficient (Wildman–Crippen LogP) is 18.3. The van der Waals surface area contributed by atoms with E-state index in [0.29, 0.717) is 72.5 Å². The molecule has 0 bridgehead atoms. The van der Waals surface area contributed by atoms with Crippen molar-refractivity contribution in [3.8, 4) is 62.1 Å². The maximum Gasteiger partial charge on any atom is 0.344 e. The minimum atomic E-state index is -0.403. The van der Waals surface area contributed by atoms with Crippen molar-refractivity contribution in [2.75, 3.05) is 78.7 Å². The zero-order valence-corrected chi connectivity index (χ0v) is 60.7. The Kier molecular flexibility index (Phi) is 24.5. The number of phenols is 2. The molecule has 6 heterocycles. The maximum atomic E-state index is 13.1. The van der Waals surface area contributed by atoms with Crippen molar-refractivity contribution in [3.63, 3.8) is 0 Å². The molecule has 105 heavy (non-hydrogen) atoms. The Morgan fingerprint density at radius 3 is 1.07 bits per heavy atom. The van der Waals surface area contributed by atoms with Gasteiger partial charge in [0.2, 0.25) is 0 Å². The van der Waals surface area contributed by atoms with Crippen molar-refractivity contribution in [1.29, 1.82) is 0 Å². The lowest BCUT2D eigenvalue weighted by Gasteiger charge is -2.26. The summed E-state index contributed by atoms with van der Waals surface area (Å²) in [6, 6.07) is 66.2. The number of phenolic OH excluding ortho intramolecular Hbond substituents is 2. The van der Waals surface area contributed by atoms with Crippen LogP contribution in [-0.2, 0) is 25.7 Å². The normalized spacial score (nSPS) is 14.3. The van der Waals surface area contributed by atoms with Crippen LogP contribution >= 0.6 is 0 Å². The van der Waals surface area contributed by atoms with Gasteiger partial charge < -0.3 is 37.7 Å². The van der Waals surface area contributed by atoms with Gasteiger partial charge in [0, 0.05) is 47.9 Å². The van der Waals surface area contributed by atoms with Crippen molar-refractivity contribution in [2.24, 2.45) is 0 Å². The van der Waals surface area contributed by atoms with Crippen molar-refractivity contribution in [1.82, 2.24) is 14.7 Å². The molecule has 2 N–H and O–H groups in total. The first-order chi connectivity index (χ1) is 51.3. The van der Waals surface area contributed by atoms with Gasteiger partial charge in [-0.3, -0.25) is 14.7 Å². The monoisotopic (exact) mass is 1410 g/mol. The molecule has 3 fully saturated rings. The van der Waals surface area contributed by atoms with Crippen LogP contribution in [0.5, 0.6) is 28.7 Å². The third-order valence-electron chi connectivity index (χ3n) is 20.5. The largest absolute Gasteiger partial charge is 0.508 e. The molecule has 0 aliphatic carbocycles. The predicted molar refractivity (Wildman–Crippen MR) is 421 cm³/mol. The Bertz CT molecular complexity index is 5030. The molecule has 12 aromatic rings. The van der Waals surface area contributed by atoms with Gasteiger partial charge in [-0.15, -0.1) is 0 Å². The van der Waals surface area contributed by atoms with Crippen molar-refractivity contribution in [2.45, 2.75) is 104 Å². The Balaban J connectivity index is 0.000000140. The molecule has 0 amide bonds. The highest BCUT2D eigenvalue weighted by Gasteiger charge is 2.22. The van der Waals surface area contributed by atoms with Crippen LogP contribution in [0.3, 0.4) is 0 Å². The second-order valence-electron chi connectivity index (χ2n) is 28.2. The van der Waals surface area contributed by atoms with E-state index in [-0.39, 0.29) is 22.8 Å². The van der Waals surface area contributed by atoms with Crippen LogP contribution in [0.25, 0.3) is 66.3 Å². The van der Waals surface area contributed by atoms with Crippen LogP contribution in [0.1, 0.15) is 108 Å². The molecule has 0 spiro atoms. The molecule has 3 saturated heterocycles.